The highest BCUT2D eigenvalue weighted by molar-refractivity contribution is 9.10. The number of aryl methyl sites for hydroxylation is 1. The molecule has 0 saturated heterocycles. The van der Waals surface area contributed by atoms with Crippen LogP contribution in [0.5, 0.6) is 0 Å². The lowest BCUT2D eigenvalue weighted by Crippen LogP contribution is -2.11. The Labute approximate surface area is 131 Å². The molecule has 0 amide bonds. The van der Waals surface area contributed by atoms with E-state index in [9.17, 15) is 0 Å². The highest BCUT2D eigenvalue weighted by Gasteiger charge is 2.11. The molecule has 19 heavy (non-hydrogen) atoms. The fourth-order valence-electron chi connectivity index (χ4n) is 2.23. The molecule has 0 aliphatic heterocycles. The van der Waals surface area contributed by atoms with Gasteiger partial charge in [-0.1, -0.05) is 40.2 Å². The Bertz CT molecular complexity index is 540. The smallest absolute Gasteiger partial charge is 0.0410 e. The molecule has 0 spiro atoms. The molecule has 0 aliphatic carbocycles. The van der Waals surface area contributed by atoms with Crippen LogP contribution < -0.4 is 0 Å². The minimum absolute atomic E-state index is 0.595. The highest BCUT2D eigenvalue weighted by Crippen LogP contribution is 2.20. The number of aromatic nitrogens is 1. The van der Waals surface area contributed by atoms with E-state index in [0.29, 0.717) is 5.92 Å². The van der Waals surface area contributed by atoms with Gasteiger partial charge in [0.1, 0.15) is 0 Å². The fourth-order valence-corrected chi connectivity index (χ4v) is 3.10. The average molecular weight is 383 g/mol. The second-order valence-corrected chi connectivity index (χ2v) is 6.43. The molecule has 1 atom stereocenters. The number of halogens is 2. The van der Waals surface area contributed by atoms with Crippen molar-refractivity contribution in [1.29, 1.82) is 0 Å². The molecule has 1 unspecified atom stereocenters. The summed E-state index contributed by atoms with van der Waals surface area (Å²) in [7, 11) is 0. The number of benzene rings is 1. The molecule has 3 heteroatoms. The first-order valence-electron chi connectivity index (χ1n) is 6.39. The minimum Gasteiger partial charge on any atom is -0.263 e. The van der Waals surface area contributed by atoms with Gasteiger partial charge >= 0.3 is 0 Å². The van der Waals surface area contributed by atoms with Crippen molar-refractivity contribution in [3.63, 3.8) is 0 Å². The molecule has 2 rings (SSSR count). The molecule has 0 N–H and O–H groups in total. The summed E-state index contributed by atoms with van der Waals surface area (Å²) >= 11 is 7.12. The Morgan fingerprint density at radius 1 is 1.16 bits per heavy atom. The summed E-state index contributed by atoms with van der Waals surface area (Å²) in [4.78, 5) is 4.23. The summed E-state index contributed by atoms with van der Waals surface area (Å²) in [6.07, 6.45) is 5.93. The molecule has 2 aromatic rings. The molecule has 1 aromatic carbocycles. The van der Waals surface area contributed by atoms with Crippen LogP contribution in [0.15, 0.2) is 47.2 Å². The van der Waals surface area contributed by atoms with E-state index in [0.717, 1.165) is 22.6 Å². The van der Waals surface area contributed by atoms with Gasteiger partial charge in [0, 0.05) is 22.2 Å². The number of nitrogens with zero attached hydrogens (tertiary/aromatic N) is 1. The molecule has 0 saturated carbocycles. The molecule has 1 nitrogen and oxygen atoms in total. The summed E-state index contributed by atoms with van der Waals surface area (Å²) in [5.74, 6) is 0.595. The molecule has 100 valence electrons. The maximum atomic E-state index is 4.23. The number of rotatable bonds is 5. The van der Waals surface area contributed by atoms with Gasteiger partial charge in [0.05, 0.1) is 0 Å². The predicted molar refractivity (Wildman–Crippen MR) is 87.8 cm³/mol. The van der Waals surface area contributed by atoms with Crippen molar-refractivity contribution in [2.24, 2.45) is 5.92 Å². The van der Waals surface area contributed by atoms with Gasteiger partial charge in [-0.05, 0) is 64.4 Å². The summed E-state index contributed by atoms with van der Waals surface area (Å²) in [6, 6.07) is 10.8. The van der Waals surface area contributed by atoms with Crippen LogP contribution in [-0.4, -0.2) is 10.3 Å². The van der Waals surface area contributed by atoms with Crippen LogP contribution in [0.2, 0.25) is 0 Å². The predicted octanol–water partition coefficient (Wildman–Crippen LogP) is 4.95. The van der Waals surface area contributed by atoms with Crippen LogP contribution in [-0.2, 0) is 12.8 Å². The van der Waals surface area contributed by atoms with Crippen molar-refractivity contribution in [3.05, 3.63) is 63.9 Å². The number of hydrogen-bond acceptors (Lipinski definition) is 1. The Morgan fingerprint density at radius 3 is 2.63 bits per heavy atom. The van der Waals surface area contributed by atoms with Gasteiger partial charge in [-0.15, -0.1) is 0 Å². The third-order valence-electron chi connectivity index (χ3n) is 3.27. The fraction of sp³-hybridized carbons (Fsp3) is 0.312. The Hall–Kier alpha value is -0.670. The topological polar surface area (TPSA) is 12.9 Å². The Kier molecular flexibility index (Phi) is 5.59. The zero-order valence-electron chi connectivity index (χ0n) is 10.9. The van der Waals surface area contributed by atoms with Crippen molar-refractivity contribution in [1.82, 2.24) is 4.98 Å². The van der Waals surface area contributed by atoms with E-state index in [-0.39, 0.29) is 0 Å². The standard InChI is InChI=1S/C16H17Br2N/c1-12-4-2-3-5-15(12)7-13(9-17)6-14-8-16(18)11-19-10-14/h2-5,8,10-11,13H,6-7,9H2,1H3. The van der Waals surface area contributed by atoms with Gasteiger partial charge in [-0.3, -0.25) is 4.98 Å². The van der Waals surface area contributed by atoms with E-state index < -0.39 is 0 Å². The summed E-state index contributed by atoms with van der Waals surface area (Å²) in [6.45, 7) is 2.18. The van der Waals surface area contributed by atoms with Crippen molar-refractivity contribution < 1.29 is 0 Å². The number of pyridine rings is 1. The van der Waals surface area contributed by atoms with E-state index >= 15 is 0 Å². The molecule has 0 aliphatic rings. The second-order valence-electron chi connectivity index (χ2n) is 4.87. The normalized spacial score (nSPS) is 12.4. The number of alkyl halides is 1. The first-order chi connectivity index (χ1) is 9.19. The van der Waals surface area contributed by atoms with Crippen LogP contribution in [0.25, 0.3) is 0 Å². The van der Waals surface area contributed by atoms with Gasteiger partial charge in [-0.25, -0.2) is 0 Å². The van der Waals surface area contributed by atoms with Crippen LogP contribution in [0, 0.1) is 12.8 Å². The average Bonchev–Trinajstić information content (AvgIpc) is 2.40. The van der Waals surface area contributed by atoms with Crippen LogP contribution in [0.3, 0.4) is 0 Å². The Balaban J connectivity index is 2.07. The highest BCUT2D eigenvalue weighted by atomic mass is 79.9. The van der Waals surface area contributed by atoms with Crippen molar-refractivity contribution in [2.75, 3.05) is 5.33 Å². The molecular formula is C16H17Br2N. The maximum Gasteiger partial charge on any atom is 0.0410 e. The molecule has 1 heterocycles. The SMILES string of the molecule is Cc1ccccc1CC(CBr)Cc1cncc(Br)c1. The summed E-state index contributed by atoms with van der Waals surface area (Å²) < 4.78 is 1.05. The quantitative estimate of drug-likeness (QED) is 0.666. The first kappa shape index (κ1) is 14.7. The van der Waals surface area contributed by atoms with Crippen LogP contribution in [0.1, 0.15) is 16.7 Å². The zero-order chi connectivity index (χ0) is 13.7. The van der Waals surface area contributed by atoms with E-state index in [1.807, 2.05) is 12.4 Å². The van der Waals surface area contributed by atoms with Gasteiger partial charge < -0.3 is 0 Å². The zero-order valence-corrected chi connectivity index (χ0v) is 14.1. The largest absolute Gasteiger partial charge is 0.263 e. The number of hydrogen-bond donors (Lipinski definition) is 0. The van der Waals surface area contributed by atoms with Gasteiger partial charge in [0.25, 0.3) is 0 Å². The molecule has 1 aromatic heterocycles. The lowest BCUT2D eigenvalue weighted by Gasteiger charge is -2.15. The van der Waals surface area contributed by atoms with E-state index in [1.165, 1.54) is 16.7 Å². The lowest BCUT2D eigenvalue weighted by molar-refractivity contribution is 0.588. The first-order valence-corrected chi connectivity index (χ1v) is 8.30. The Morgan fingerprint density at radius 2 is 1.95 bits per heavy atom. The molecule has 0 bridgehead atoms. The molecule has 0 radical (unpaired) electrons. The monoisotopic (exact) mass is 381 g/mol. The van der Waals surface area contributed by atoms with E-state index in [2.05, 4.69) is 74.1 Å². The lowest BCUT2D eigenvalue weighted by atomic mass is 9.93. The molecular weight excluding hydrogens is 366 g/mol. The van der Waals surface area contributed by atoms with E-state index in [1.54, 1.807) is 0 Å². The minimum atomic E-state index is 0.595. The third kappa shape index (κ3) is 4.43. The third-order valence-corrected chi connectivity index (χ3v) is 4.62. The van der Waals surface area contributed by atoms with Crippen molar-refractivity contribution in [3.8, 4) is 0 Å². The van der Waals surface area contributed by atoms with Crippen molar-refractivity contribution >= 4 is 31.9 Å². The van der Waals surface area contributed by atoms with Gasteiger partial charge in [-0.2, -0.15) is 0 Å². The summed E-state index contributed by atoms with van der Waals surface area (Å²) in [5.41, 5.74) is 4.10. The van der Waals surface area contributed by atoms with E-state index in [4.69, 9.17) is 0 Å². The van der Waals surface area contributed by atoms with Crippen LogP contribution in [0.4, 0.5) is 0 Å². The van der Waals surface area contributed by atoms with Crippen molar-refractivity contribution in [2.45, 2.75) is 19.8 Å². The van der Waals surface area contributed by atoms with Gasteiger partial charge in [0.2, 0.25) is 0 Å². The van der Waals surface area contributed by atoms with Gasteiger partial charge in [0.15, 0.2) is 0 Å². The maximum absolute atomic E-state index is 4.23. The summed E-state index contributed by atoms with van der Waals surface area (Å²) in [5, 5.41) is 1.01. The second kappa shape index (κ2) is 7.20. The van der Waals surface area contributed by atoms with Crippen LogP contribution >= 0.6 is 31.9 Å². The molecule has 0 fully saturated rings.